The molecule has 0 unspecified atom stereocenters. The summed E-state index contributed by atoms with van der Waals surface area (Å²) in [6.45, 7) is 5.62. The van der Waals surface area contributed by atoms with Gasteiger partial charge in [-0.2, -0.15) is 0 Å². The number of fused-ring (bicyclic) bond motifs is 4. The van der Waals surface area contributed by atoms with Crippen molar-refractivity contribution in [1.29, 1.82) is 0 Å². The van der Waals surface area contributed by atoms with Crippen LogP contribution in [-0.2, 0) is 28.7 Å². The maximum Gasteiger partial charge on any atom is 0.238 e. The third kappa shape index (κ3) is 5.49. The monoisotopic (exact) mass is 718 g/mol. The second-order valence-corrected chi connectivity index (χ2v) is 14.7. The molecule has 0 radical (unpaired) electrons. The number of aromatic hydroxyl groups is 1. The van der Waals surface area contributed by atoms with Crippen LogP contribution in [-0.4, -0.2) is 88.5 Å². The predicted octanol–water partition coefficient (Wildman–Crippen LogP) is 4.12. The van der Waals surface area contributed by atoms with Crippen LogP contribution in [0.5, 0.6) is 11.5 Å². The summed E-state index contributed by atoms with van der Waals surface area (Å²) in [6, 6.07) is 19.9. The van der Waals surface area contributed by atoms with Gasteiger partial charge in [0.15, 0.2) is 0 Å². The van der Waals surface area contributed by atoms with Crippen LogP contribution in [0.25, 0.3) is 0 Å². The van der Waals surface area contributed by atoms with E-state index in [1.807, 2.05) is 42.5 Å². The highest BCUT2D eigenvalue weighted by Crippen LogP contribution is 2.59. The fourth-order valence-corrected chi connectivity index (χ4v) is 9.62. The number of methoxy groups -OCH3 is 1. The first kappa shape index (κ1) is 33.6. The molecule has 53 heavy (non-hydrogen) atoms. The molecule has 6 atom stereocenters. The summed E-state index contributed by atoms with van der Waals surface area (Å²) in [6.07, 6.45) is 2.55. The van der Waals surface area contributed by atoms with E-state index in [0.29, 0.717) is 55.5 Å². The van der Waals surface area contributed by atoms with E-state index in [-0.39, 0.29) is 35.8 Å². The van der Waals surface area contributed by atoms with Crippen LogP contribution in [0.4, 0.5) is 22.7 Å². The van der Waals surface area contributed by atoms with Crippen LogP contribution in [0.1, 0.15) is 24.3 Å². The molecule has 3 aromatic carbocycles. The Kier molecular flexibility index (Phi) is 8.46. The van der Waals surface area contributed by atoms with Crippen LogP contribution >= 0.6 is 0 Å². The average Bonchev–Trinajstić information content (AvgIpc) is 3.61. The number of phenolic OH excluding ortho intramolecular Hbond substituents is 1. The summed E-state index contributed by atoms with van der Waals surface area (Å²) >= 11 is 0. The Hall–Kier alpha value is -5.20. The van der Waals surface area contributed by atoms with Crippen LogP contribution in [0.3, 0.4) is 0 Å². The lowest BCUT2D eigenvalue weighted by molar-refractivity contribution is -0.126. The van der Waals surface area contributed by atoms with Gasteiger partial charge >= 0.3 is 0 Å². The number of carbonyl (C=O) groups excluding carboxylic acids is 4. The predicted molar refractivity (Wildman–Crippen MR) is 196 cm³/mol. The molecule has 2 aliphatic carbocycles. The Morgan fingerprint density at radius 1 is 0.623 bits per heavy atom. The van der Waals surface area contributed by atoms with Gasteiger partial charge < -0.3 is 29.1 Å². The van der Waals surface area contributed by atoms with Gasteiger partial charge in [0.25, 0.3) is 0 Å². The fourth-order valence-electron chi connectivity index (χ4n) is 9.62. The Morgan fingerprint density at radius 3 is 1.68 bits per heavy atom. The highest BCUT2D eigenvalue weighted by atomic mass is 16.5. The quantitative estimate of drug-likeness (QED) is 0.294. The van der Waals surface area contributed by atoms with E-state index in [4.69, 9.17) is 14.2 Å². The number of hydrogen-bond acceptors (Lipinski definition) is 10. The zero-order valence-corrected chi connectivity index (χ0v) is 29.6. The highest BCUT2D eigenvalue weighted by molar-refractivity contribution is 6.24. The Labute approximate surface area is 307 Å². The number of ether oxygens (including phenoxy) is 3. The van der Waals surface area contributed by atoms with Crippen molar-refractivity contribution in [2.45, 2.75) is 18.8 Å². The molecule has 0 bridgehead atoms. The van der Waals surface area contributed by atoms with Gasteiger partial charge in [-0.15, -0.1) is 0 Å². The number of carbonyl (C=O) groups is 4. The lowest BCUT2D eigenvalue weighted by Gasteiger charge is -2.44. The first-order valence-electron chi connectivity index (χ1n) is 18.5. The molecule has 1 N–H and O–H groups in total. The zero-order chi connectivity index (χ0) is 36.4. The Morgan fingerprint density at radius 2 is 1.13 bits per heavy atom. The molecule has 5 fully saturated rings. The number of allylic oxidation sites excluding steroid dienone is 2. The maximum atomic E-state index is 14.6. The molecule has 0 spiro atoms. The number of amides is 4. The molecular formula is C41H42N4O8. The Balaban J connectivity index is 1.06. The summed E-state index contributed by atoms with van der Waals surface area (Å²) in [5.74, 6) is -4.82. The SMILES string of the molecule is COc1ccc(O)c([C@H]2C3=CC[C@@H]4C(=O)N(c5ccc(N6CCOCC6)cc5)C(=O)[C@@H]4[C@@H]3C[C@H]3C(=O)N(c4ccc(N5CCOCC5)cc4)C(=O)[C@@H]23)c1. The highest BCUT2D eigenvalue weighted by Gasteiger charge is 2.62. The lowest BCUT2D eigenvalue weighted by Crippen LogP contribution is -2.43. The second kappa shape index (κ2) is 13.3. The van der Waals surface area contributed by atoms with E-state index in [1.165, 1.54) is 23.0 Å². The minimum atomic E-state index is -0.811. The fraction of sp³-hybridized carbons (Fsp3) is 0.415. The molecular weight excluding hydrogens is 676 g/mol. The van der Waals surface area contributed by atoms with Gasteiger partial charge in [0.1, 0.15) is 11.5 Å². The van der Waals surface area contributed by atoms with E-state index < -0.39 is 35.5 Å². The second-order valence-electron chi connectivity index (χ2n) is 14.7. The van der Waals surface area contributed by atoms with Gasteiger partial charge in [0.2, 0.25) is 23.6 Å². The lowest BCUT2D eigenvalue weighted by atomic mass is 9.57. The van der Waals surface area contributed by atoms with Gasteiger partial charge in [-0.1, -0.05) is 11.6 Å². The molecule has 3 aromatic rings. The summed E-state index contributed by atoms with van der Waals surface area (Å²) in [4.78, 5) is 64.6. The first-order valence-corrected chi connectivity index (χ1v) is 18.5. The van der Waals surface area contributed by atoms with Gasteiger partial charge in [-0.25, -0.2) is 0 Å². The normalized spacial score (nSPS) is 28.5. The zero-order valence-electron chi connectivity index (χ0n) is 29.6. The van der Waals surface area contributed by atoms with Crippen molar-refractivity contribution in [1.82, 2.24) is 0 Å². The van der Waals surface area contributed by atoms with E-state index in [1.54, 1.807) is 24.3 Å². The summed E-state index contributed by atoms with van der Waals surface area (Å²) < 4.78 is 16.5. The molecule has 9 rings (SSSR count). The number of nitrogens with zero attached hydrogens (tertiary/aromatic N) is 4. The molecule has 6 aliphatic rings. The van der Waals surface area contributed by atoms with Crippen molar-refractivity contribution in [3.63, 3.8) is 0 Å². The maximum absolute atomic E-state index is 14.6. The number of phenols is 1. The van der Waals surface area contributed by atoms with Gasteiger partial charge in [-0.3, -0.25) is 29.0 Å². The smallest absolute Gasteiger partial charge is 0.238 e. The van der Waals surface area contributed by atoms with Crippen LogP contribution in [0.15, 0.2) is 78.4 Å². The Bertz CT molecular complexity index is 1990. The minimum Gasteiger partial charge on any atom is -0.508 e. The molecule has 4 saturated heterocycles. The molecule has 12 nitrogen and oxygen atoms in total. The topological polar surface area (TPSA) is 129 Å². The van der Waals surface area contributed by atoms with E-state index in [2.05, 4.69) is 9.80 Å². The summed E-state index contributed by atoms with van der Waals surface area (Å²) in [5, 5.41) is 11.3. The minimum absolute atomic E-state index is 0.0254. The van der Waals surface area contributed by atoms with Crippen molar-refractivity contribution < 1.29 is 38.5 Å². The third-order valence-corrected chi connectivity index (χ3v) is 12.2. The first-order chi connectivity index (χ1) is 25.8. The van der Waals surface area contributed by atoms with Crippen molar-refractivity contribution in [2.75, 3.05) is 79.3 Å². The third-order valence-electron chi connectivity index (χ3n) is 12.2. The molecule has 4 aliphatic heterocycles. The molecule has 4 amide bonds. The average molecular weight is 719 g/mol. The van der Waals surface area contributed by atoms with Gasteiger partial charge in [-0.05, 0) is 85.5 Å². The number of anilines is 4. The van der Waals surface area contributed by atoms with E-state index in [9.17, 15) is 24.3 Å². The van der Waals surface area contributed by atoms with Crippen LogP contribution in [0.2, 0.25) is 0 Å². The summed E-state index contributed by atoms with van der Waals surface area (Å²) in [5.41, 5.74) is 4.26. The molecule has 12 heteroatoms. The number of imide groups is 2. The van der Waals surface area contributed by atoms with Crippen molar-refractivity contribution >= 4 is 46.4 Å². The van der Waals surface area contributed by atoms with Crippen molar-refractivity contribution in [2.24, 2.45) is 29.6 Å². The van der Waals surface area contributed by atoms with Crippen LogP contribution < -0.4 is 24.3 Å². The number of morpholine rings is 2. The number of hydrogen-bond donors (Lipinski definition) is 1. The summed E-state index contributed by atoms with van der Waals surface area (Å²) in [7, 11) is 1.53. The molecule has 0 aromatic heterocycles. The van der Waals surface area contributed by atoms with Gasteiger partial charge in [0, 0.05) is 49.0 Å². The molecule has 4 heterocycles. The van der Waals surface area contributed by atoms with Crippen molar-refractivity contribution in [3.05, 3.63) is 83.9 Å². The largest absolute Gasteiger partial charge is 0.508 e. The van der Waals surface area contributed by atoms with Crippen molar-refractivity contribution in [3.8, 4) is 11.5 Å². The van der Waals surface area contributed by atoms with Gasteiger partial charge in [0.05, 0.1) is 68.6 Å². The van der Waals surface area contributed by atoms with E-state index >= 15 is 0 Å². The molecule has 1 saturated carbocycles. The van der Waals surface area contributed by atoms with E-state index in [0.717, 1.165) is 43.1 Å². The standard InChI is InChI=1S/C41H42N4O8/c1-51-28-10-13-34(46)32(22-28)35-29-11-12-30-36(40(49)44(38(30)47)26-6-2-24(3-7-26)42-14-18-52-19-15-42)31(29)23-33-37(35)41(50)45(39(33)48)27-8-4-25(5-9-27)43-16-20-53-21-17-43/h2-11,13,22,30-31,33,35-37,46H,12,14-21,23H2,1H3/t30-,31+,33+,35+,36-,37+/m0/s1. The molecule has 274 valence electrons. The number of benzene rings is 3. The van der Waals surface area contributed by atoms with Crippen LogP contribution in [0, 0.1) is 29.6 Å². The number of rotatable bonds is 6.